The summed E-state index contributed by atoms with van der Waals surface area (Å²) >= 11 is 0. The van der Waals surface area contributed by atoms with Crippen molar-refractivity contribution in [1.82, 2.24) is 10.4 Å². The van der Waals surface area contributed by atoms with E-state index >= 15 is 0 Å². The monoisotopic (exact) mass is 230 g/mol. The molecule has 0 aliphatic carbocycles. The zero-order chi connectivity index (χ0) is 12.3. The molecule has 5 nitrogen and oxygen atoms in total. The molecule has 2 aromatic rings. The number of nitrogens with two attached hydrogens (primary N) is 1. The first-order chi connectivity index (χ1) is 8.16. The highest BCUT2D eigenvalue weighted by atomic mass is 16.2. The maximum Gasteiger partial charge on any atom is 0.332 e. The van der Waals surface area contributed by atoms with Gasteiger partial charge in [-0.1, -0.05) is 18.2 Å². The topological polar surface area (TPSA) is 83.3 Å². The van der Waals surface area contributed by atoms with E-state index in [1.54, 1.807) is 0 Å². The van der Waals surface area contributed by atoms with Gasteiger partial charge in [0.1, 0.15) is 0 Å². The summed E-state index contributed by atoms with van der Waals surface area (Å²) in [5.74, 6) is 0. The summed E-state index contributed by atoms with van der Waals surface area (Å²) in [7, 11) is 0. The highest BCUT2D eigenvalue weighted by Crippen LogP contribution is 2.18. The lowest BCUT2D eigenvalue weighted by molar-refractivity contribution is 0.249. The van der Waals surface area contributed by atoms with Crippen molar-refractivity contribution in [3.05, 3.63) is 36.0 Å². The standard InChI is InChI=1S/C12H14N4O/c1-8(15-16-12(13)17)6-9-7-14-11-5-3-2-4-10(9)11/h2-5,7,14H,6H2,1H3,(H3,13,16,17)/b15-8-. The van der Waals surface area contributed by atoms with E-state index in [4.69, 9.17) is 5.73 Å². The summed E-state index contributed by atoms with van der Waals surface area (Å²) in [6.45, 7) is 1.84. The Bertz CT molecular complexity index is 571. The number of nitrogens with one attached hydrogen (secondary N) is 2. The number of H-pyrrole nitrogens is 1. The van der Waals surface area contributed by atoms with Gasteiger partial charge < -0.3 is 10.7 Å². The molecule has 2 rings (SSSR count). The SMILES string of the molecule is C/C(Cc1c[nH]c2ccccc12)=N/NC(N)=O. The van der Waals surface area contributed by atoms with E-state index in [9.17, 15) is 4.79 Å². The van der Waals surface area contributed by atoms with Crippen molar-refractivity contribution in [1.29, 1.82) is 0 Å². The largest absolute Gasteiger partial charge is 0.361 e. The van der Waals surface area contributed by atoms with Crippen molar-refractivity contribution in [3.8, 4) is 0 Å². The maximum atomic E-state index is 10.5. The predicted molar refractivity (Wildman–Crippen MR) is 67.8 cm³/mol. The van der Waals surface area contributed by atoms with Gasteiger partial charge in [0, 0.05) is 29.2 Å². The number of para-hydroxylation sites is 1. The molecular weight excluding hydrogens is 216 g/mol. The lowest BCUT2D eigenvalue weighted by atomic mass is 10.1. The summed E-state index contributed by atoms with van der Waals surface area (Å²) < 4.78 is 0. The Morgan fingerprint density at radius 3 is 3.00 bits per heavy atom. The number of urea groups is 1. The number of hydrazone groups is 1. The molecule has 88 valence electrons. The van der Waals surface area contributed by atoms with Crippen LogP contribution in [-0.2, 0) is 6.42 Å². The van der Waals surface area contributed by atoms with Gasteiger partial charge >= 0.3 is 6.03 Å². The number of fused-ring (bicyclic) bond motifs is 1. The average molecular weight is 230 g/mol. The molecule has 0 unspecified atom stereocenters. The number of rotatable bonds is 3. The summed E-state index contributed by atoms with van der Waals surface area (Å²) in [5.41, 5.74) is 10.2. The number of aromatic nitrogens is 1. The Morgan fingerprint density at radius 2 is 2.24 bits per heavy atom. The van der Waals surface area contributed by atoms with Crippen molar-refractivity contribution in [2.45, 2.75) is 13.3 Å². The second kappa shape index (κ2) is 4.69. The van der Waals surface area contributed by atoms with Gasteiger partial charge in [-0.25, -0.2) is 10.2 Å². The third kappa shape index (κ3) is 2.63. The first kappa shape index (κ1) is 11.2. The van der Waals surface area contributed by atoms with E-state index in [1.165, 1.54) is 5.39 Å². The fourth-order valence-corrected chi connectivity index (χ4v) is 1.74. The molecule has 1 aromatic carbocycles. The van der Waals surface area contributed by atoms with Crippen LogP contribution >= 0.6 is 0 Å². The van der Waals surface area contributed by atoms with Crippen LogP contribution in [0.25, 0.3) is 10.9 Å². The van der Waals surface area contributed by atoms with Crippen molar-refractivity contribution < 1.29 is 4.79 Å². The number of primary amides is 1. The van der Waals surface area contributed by atoms with Crippen LogP contribution in [-0.4, -0.2) is 16.7 Å². The molecule has 0 radical (unpaired) electrons. The molecule has 17 heavy (non-hydrogen) atoms. The number of carbonyl (C=O) groups is 1. The van der Waals surface area contributed by atoms with Crippen LogP contribution in [0.1, 0.15) is 12.5 Å². The van der Waals surface area contributed by atoms with E-state index in [0.29, 0.717) is 6.42 Å². The molecule has 4 N–H and O–H groups in total. The zero-order valence-electron chi connectivity index (χ0n) is 9.53. The first-order valence-electron chi connectivity index (χ1n) is 5.30. The van der Waals surface area contributed by atoms with E-state index in [2.05, 4.69) is 21.6 Å². The summed E-state index contributed by atoms with van der Waals surface area (Å²) in [6.07, 6.45) is 2.62. The molecule has 0 aliphatic heterocycles. The van der Waals surface area contributed by atoms with Gasteiger partial charge in [0.05, 0.1) is 0 Å². The second-order valence-electron chi connectivity index (χ2n) is 3.86. The number of hydrogen-bond donors (Lipinski definition) is 3. The predicted octanol–water partition coefficient (Wildman–Crippen LogP) is 1.75. The Kier molecular flexibility index (Phi) is 3.09. The number of carbonyl (C=O) groups excluding carboxylic acids is 1. The molecule has 0 aliphatic rings. The minimum absolute atomic E-state index is 0.650. The van der Waals surface area contributed by atoms with Crippen LogP contribution in [0, 0.1) is 0 Å². The van der Waals surface area contributed by atoms with E-state index in [-0.39, 0.29) is 0 Å². The van der Waals surface area contributed by atoms with Gasteiger partial charge in [0.25, 0.3) is 0 Å². The fraction of sp³-hybridized carbons (Fsp3) is 0.167. The first-order valence-corrected chi connectivity index (χ1v) is 5.30. The molecule has 1 heterocycles. The Morgan fingerprint density at radius 1 is 1.47 bits per heavy atom. The Balaban J connectivity index is 2.18. The van der Waals surface area contributed by atoms with Crippen LogP contribution in [0.15, 0.2) is 35.6 Å². The van der Waals surface area contributed by atoms with E-state index < -0.39 is 6.03 Å². The third-order valence-electron chi connectivity index (χ3n) is 2.48. The minimum atomic E-state index is -0.650. The van der Waals surface area contributed by atoms with Gasteiger partial charge in [-0.3, -0.25) is 0 Å². The fourth-order valence-electron chi connectivity index (χ4n) is 1.74. The Labute approximate surface area is 98.7 Å². The summed E-state index contributed by atoms with van der Waals surface area (Å²) in [6, 6.07) is 7.40. The van der Waals surface area contributed by atoms with Crippen LogP contribution < -0.4 is 11.2 Å². The molecule has 0 saturated carbocycles. The molecule has 0 fully saturated rings. The lowest BCUT2D eigenvalue weighted by Gasteiger charge is -1.99. The highest BCUT2D eigenvalue weighted by Gasteiger charge is 2.04. The van der Waals surface area contributed by atoms with Gasteiger partial charge in [-0.15, -0.1) is 0 Å². The normalized spacial score (nSPS) is 11.7. The molecule has 5 heteroatoms. The Hall–Kier alpha value is -2.30. The number of hydrogen-bond acceptors (Lipinski definition) is 2. The van der Waals surface area contributed by atoms with Crippen molar-refractivity contribution in [2.24, 2.45) is 10.8 Å². The summed E-state index contributed by atoms with van der Waals surface area (Å²) in [4.78, 5) is 13.7. The minimum Gasteiger partial charge on any atom is -0.361 e. The van der Waals surface area contributed by atoms with Crippen LogP contribution in [0.2, 0.25) is 0 Å². The van der Waals surface area contributed by atoms with Crippen molar-refractivity contribution >= 4 is 22.6 Å². The molecule has 0 atom stereocenters. The van der Waals surface area contributed by atoms with E-state index in [1.807, 2.05) is 31.3 Å². The lowest BCUT2D eigenvalue weighted by Crippen LogP contribution is -2.25. The van der Waals surface area contributed by atoms with Gasteiger partial charge in [-0.2, -0.15) is 5.10 Å². The number of amides is 2. The smallest absolute Gasteiger partial charge is 0.332 e. The zero-order valence-corrected chi connectivity index (χ0v) is 9.53. The number of nitrogens with zero attached hydrogens (tertiary/aromatic N) is 1. The highest BCUT2D eigenvalue weighted by molar-refractivity contribution is 5.91. The van der Waals surface area contributed by atoms with Gasteiger partial charge in [0.15, 0.2) is 0 Å². The quantitative estimate of drug-likeness (QED) is 0.544. The number of benzene rings is 1. The average Bonchev–Trinajstić information content (AvgIpc) is 2.70. The van der Waals surface area contributed by atoms with Gasteiger partial charge in [0.2, 0.25) is 0 Å². The molecule has 0 bridgehead atoms. The van der Waals surface area contributed by atoms with Crippen molar-refractivity contribution in [3.63, 3.8) is 0 Å². The van der Waals surface area contributed by atoms with Gasteiger partial charge in [-0.05, 0) is 18.6 Å². The molecule has 2 amide bonds. The molecular formula is C12H14N4O. The molecule has 1 aromatic heterocycles. The van der Waals surface area contributed by atoms with E-state index in [0.717, 1.165) is 16.8 Å². The van der Waals surface area contributed by atoms with Crippen LogP contribution in [0.3, 0.4) is 0 Å². The third-order valence-corrected chi connectivity index (χ3v) is 2.48. The molecule has 0 spiro atoms. The maximum absolute atomic E-state index is 10.5. The van der Waals surface area contributed by atoms with Crippen LogP contribution in [0.4, 0.5) is 4.79 Å². The summed E-state index contributed by atoms with van der Waals surface area (Å²) in [5, 5.41) is 5.05. The van der Waals surface area contributed by atoms with Crippen LogP contribution in [0.5, 0.6) is 0 Å². The molecule has 0 saturated heterocycles. The number of aromatic amines is 1. The second-order valence-corrected chi connectivity index (χ2v) is 3.86. The van der Waals surface area contributed by atoms with Crippen molar-refractivity contribution in [2.75, 3.05) is 0 Å².